The number of benzene rings is 1. The van der Waals surface area contributed by atoms with Gasteiger partial charge in [0, 0.05) is 24.6 Å². The number of nitrogens with zero attached hydrogens (tertiary/aromatic N) is 2. The predicted octanol–water partition coefficient (Wildman–Crippen LogP) is 5.11. The summed E-state index contributed by atoms with van der Waals surface area (Å²) in [4.78, 5) is 16.6. The molecule has 0 spiro atoms. The number of unbranched alkanes of at least 4 members (excludes halogenated alkanes) is 1. The highest BCUT2D eigenvalue weighted by Gasteiger charge is 2.46. The molecule has 7 heteroatoms. The Morgan fingerprint density at radius 2 is 1.94 bits per heavy atom. The van der Waals surface area contributed by atoms with Crippen LogP contribution in [-0.2, 0) is 24.2 Å². The van der Waals surface area contributed by atoms with E-state index in [1.54, 1.807) is 0 Å². The molecular weight excluding hydrogens is 416 g/mol. The monoisotopic (exact) mass is 448 g/mol. The number of rotatable bonds is 10. The third-order valence-electron chi connectivity index (χ3n) is 6.52. The maximum atomic E-state index is 12.0. The van der Waals surface area contributed by atoms with Gasteiger partial charge in [0.05, 0.1) is 18.0 Å². The Morgan fingerprint density at radius 1 is 1.26 bits per heavy atom. The van der Waals surface area contributed by atoms with Crippen LogP contribution < -0.4 is 4.74 Å². The third kappa shape index (κ3) is 5.24. The van der Waals surface area contributed by atoms with Gasteiger partial charge in [-0.15, -0.1) is 0 Å². The molecule has 2 aromatic rings. The van der Waals surface area contributed by atoms with Crippen molar-refractivity contribution >= 4 is 17.7 Å². The molecule has 0 bridgehead atoms. The second-order valence-corrected chi connectivity index (χ2v) is 8.90. The van der Waals surface area contributed by atoms with Gasteiger partial charge in [0.2, 0.25) is 0 Å². The van der Waals surface area contributed by atoms with E-state index in [1.165, 1.54) is 4.09 Å². The Balaban J connectivity index is 1.70. The molecule has 1 heterocycles. The summed E-state index contributed by atoms with van der Waals surface area (Å²) in [6.07, 6.45) is 7.26. The molecule has 3 rings (SSSR count). The fourth-order valence-electron chi connectivity index (χ4n) is 4.49. The van der Waals surface area contributed by atoms with Crippen molar-refractivity contribution in [3.05, 3.63) is 47.0 Å². The van der Waals surface area contributed by atoms with Crippen molar-refractivity contribution in [3.8, 4) is 5.75 Å². The molecule has 1 atom stereocenters. The first kappa shape index (κ1) is 23.6. The molecule has 0 radical (unpaired) electrons. The van der Waals surface area contributed by atoms with Gasteiger partial charge in [-0.1, -0.05) is 44.7 Å². The number of aliphatic carboxylic acids is 1. The van der Waals surface area contributed by atoms with Crippen LogP contribution in [0, 0.1) is 5.41 Å². The van der Waals surface area contributed by atoms with E-state index in [1.807, 2.05) is 31.2 Å². The zero-order chi connectivity index (χ0) is 22.4. The summed E-state index contributed by atoms with van der Waals surface area (Å²) < 4.78 is 7.56. The van der Waals surface area contributed by atoms with E-state index < -0.39 is 17.5 Å². The second-order valence-electron chi connectivity index (χ2n) is 8.57. The SMILES string of the molecule is CCCCc1nc(Cc2ccc(OC(C)C3(C(=O)O)CCCCC3)cc2)c(CO)n1Cl. The van der Waals surface area contributed by atoms with Crippen LogP contribution in [0.4, 0.5) is 0 Å². The molecule has 0 amide bonds. The number of carboxylic acids is 1. The Bertz CT molecular complexity index is 872. The number of halogens is 1. The lowest BCUT2D eigenvalue weighted by Crippen LogP contribution is -2.45. The summed E-state index contributed by atoms with van der Waals surface area (Å²) in [5, 5.41) is 19.6. The minimum absolute atomic E-state index is 0.159. The molecular formula is C24H33ClN2O4. The first-order valence-corrected chi connectivity index (χ1v) is 11.6. The number of aliphatic hydroxyl groups excluding tert-OH is 1. The highest BCUT2D eigenvalue weighted by molar-refractivity contribution is 6.16. The van der Waals surface area contributed by atoms with Crippen LogP contribution in [0.25, 0.3) is 0 Å². The topological polar surface area (TPSA) is 84.6 Å². The number of aliphatic hydroxyl groups is 1. The molecule has 1 fully saturated rings. The largest absolute Gasteiger partial charge is 0.490 e. The third-order valence-corrected chi connectivity index (χ3v) is 6.92. The smallest absolute Gasteiger partial charge is 0.313 e. The van der Waals surface area contributed by atoms with Crippen LogP contribution >= 0.6 is 11.8 Å². The van der Waals surface area contributed by atoms with Gasteiger partial charge in [-0.25, -0.2) is 9.07 Å². The Morgan fingerprint density at radius 3 is 2.52 bits per heavy atom. The Kier molecular flexibility index (Phi) is 8.00. The van der Waals surface area contributed by atoms with Gasteiger partial charge in [-0.2, -0.15) is 0 Å². The van der Waals surface area contributed by atoms with Gasteiger partial charge in [-0.05, 0) is 43.9 Å². The van der Waals surface area contributed by atoms with Crippen LogP contribution in [0.15, 0.2) is 24.3 Å². The van der Waals surface area contributed by atoms with Crippen molar-refractivity contribution in [2.75, 3.05) is 0 Å². The molecule has 1 aromatic heterocycles. The van der Waals surface area contributed by atoms with Crippen molar-refractivity contribution in [2.24, 2.45) is 5.41 Å². The molecule has 1 unspecified atom stereocenters. The van der Waals surface area contributed by atoms with Crippen LogP contribution in [0.3, 0.4) is 0 Å². The van der Waals surface area contributed by atoms with E-state index >= 15 is 0 Å². The lowest BCUT2D eigenvalue weighted by Gasteiger charge is -2.38. The summed E-state index contributed by atoms with van der Waals surface area (Å²) in [6, 6.07) is 7.66. The Hall–Kier alpha value is -2.05. The highest BCUT2D eigenvalue weighted by atomic mass is 35.5. The molecule has 170 valence electrons. The number of ether oxygens (including phenoxy) is 1. The number of hydrogen-bond acceptors (Lipinski definition) is 4. The predicted molar refractivity (Wildman–Crippen MR) is 121 cm³/mol. The molecule has 1 aliphatic rings. The van der Waals surface area contributed by atoms with Gasteiger partial charge in [-0.3, -0.25) is 4.79 Å². The van der Waals surface area contributed by atoms with Crippen molar-refractivity contribution in [3.63, 3.8) is 0 Å². The van der Waals surface area contributed by atoms with Crippen LogP contribution in [0.5, 0.6) is 5.75 Å². The van der Waals surface area contributed by atoms with Gasteiger partial charge >= 0.3 is 5.97 Å². The summed E-state index contributed by atoms with van der Waals surface area (Å²) >= 11 is 6.35. The minimum atomic E-state index is -0.810. The average Bonchev–Trinajstić information content (AvgIpc) is 3.07. The molecule has 0 saturated heterocycles. The van der Waals surface area contributed by atoms with Gasteiger partial charge in [0.15, 0.2) is 0 Å². The molecule has 1 saturated carbocycles. The number of imidazole rings is 1. The minimum Gasteiger partial charge on any atom is -0.490 e. The Labute approximate surface area is 189 Å². The van der Waals surface area contributed by atoms with Crippen molar-refractivity contribution in [1.29, 1.82) is 0 Å². The average molecular weight is 449 g/mol. The van der Waals surface area contributed by atoms with Gasteiger partial charge in [0.25, 0.3) is 0 Å². The van der Waals surface area contributed by atoms with E-state index in [4.69, 9.17) is 16.5 Å². The molecule has 6 nitrogen and oxygen atoms in total. The van der Waals surface area contributed by atoms with Crippen LogP contribution in [-0.4, -0.2) is 31.4 Å². The fraction of sp³-hybridized carbons (Fsp3) is 0.583. The number of carbonyl (C=O) groups is 1. The summed E-state index contributed by atoms with van der Waals surface area (Å²) in [5.74, 6) is 0.683. The number of hydrogen-bond donors (Lipinski definition) is 2. The normalized spacial score (nSPS) is 16.8. The number of carboxylic acid groups (broad SMARTS) is 1. The second kappa shape index (κ2) is 10.5. The van der Waals surface area contributed by atoms with E-state index in [0.717, 1.165) is 55.6 Å². The number of aryl methyl sites for hydroxylation is 1. The molecule has 1 aliphatic carbocycles. The lowest BCUT2D eigenvalue weighted by molar-refractivity contribution is -0.157. The fourth-order valence-corrected chi connectivity index (χ4v) is 4.76. The zero-order valence-corrected chi connectivity index (χ0v) is 19.2. The maximum absolute atomic E-state index is 12.0. The van der Waals surface area contributed by atoms with E-state index in [-0.39, 0.29) is 6.61 Å². The van der Waals surface area contributed by atoms with Crippen molar-refractivity contribution in [2.45, 2.75) is 84.3 Å². The summed E-state index contributed by atoms with van der Waals surface area (Å²) in [6.45, 7) is 3.83. The first-order valence-electron chi connectivity index (χ1n) is 11.3. The first-order chi connectivity index (χ1) is 14.9. The van der Waals surface area contributed by atoms with Crippen molar-refractivity contribution in [1.82, 2.24) is 9.07 Å². The highest BCUT2D eigenvalue weighted by Crippen LogP contribution is 2.41. The van der Waals surface area contributed by atoms with E-state index in [9.17, 15) is 15.0 Å². The zero-order valence-electron chi connectivity index (χ0n) is 18.4. The quantitative estimate of drug-likeness (QED) is 0.527. The molecule has 0 aliphatic heterocycles. The van der Waals surface area contributed by atoms with E-state index in [2.05, 4.69) is 11.9 Å². The molecule has 1 aromatic carbocycles. The maximum Gasteiger partial charge on any atom is 0.313 e. The molecule has 31 heavy (non-hydrogen) atoms. The lowest BCUT2D eigenvalue weighted by atomic mass is 9.70. The van der Waals surface area contributed by atoms with Crippen LogP contribution in [0.1, 0.15) is 81.6 Å². The van der Waals surface area contributed by atoms with Gasteiger partial charge < -0.3 is 14.9 Å². The standard InChI is InChI=1S/C24H33ClN2O4/c1-3-4-8-22-26-20(21(16-28)27(22)25)15-18-9-11-19(12-10-18)31-17(2)24(23(29)30)13-6-5-7-14-24/h9-12,17,28H,3-8,13-16H2,1-2H3,(H,29,30). The summed E-state index contributed by atoms with van der Waals surface area (Å²) in [7, 11) is 0. The number of aromatic nitrogens is 2. The molecule has 2 N–H and O–H groups in total. The van der Waals surface area contributed by atoms with Crippen molar-refractivity contribution < 1.29 is 19.7 Å². The summed E-state index contributed by atoms with van der Waals surface area (Å²) in [5.41, 5.74) is 1.62. The van der Waals surface area contributed by atoms with E-state index in [0.29, 0.717) is 30.7 Å². The van der Waals surface area contributed by atoms with Crippen LogP contribution in [0.2, 0.25) is 0 Å². The van der Waals surface area contributed by atoms with Gasteiger partial charge in [0.1, 0.15) is 23.1 Å².